The van der Waals surface area contributed by atoms with Crippen molar-refractivity contribution < 1.29 is 14.3 Å². The summed E-state index contributed by atoms with van der Waals surface area (Å²) in [5.74, 6) is -0.642. The fourth-order valence-corrected chi connectivity index (χ4v) is 1.51. The number of carbonyl (C=O) groups excluding carboxylic acids is 2. The lowest BCUT2D eigenvalue weighted by Crippen LogP contribution is -2.42. The zero-order chi connectivity index (χ0) is 14.3. The van der Waals surface area contributed by atoms with E-state index in [0.29, 0.717) is 12.2 Å². The predicted octanol–water partition coefficient (Wildman–Crippen LogP) is 2.03. The first-order chi connectivity index (χ1) is 8.99. The van der Waals surface area contributed by atoms with E-state index in [-0.39, 0.29) is 24.3 Å². The zero-order valence-electron chi connectivity index (χ0n) is 10.9. The number of carbonyl (C=O) groups is 2. The minimum Gasteiger partial charge on any atom is -0.378 e. The Hall–Kier alpha value is -1.40. The van der Waals surface area contributed by atoms with Crippen molar-refractivity contribution in [1.29, 1.82) is 0 Å². The highest BCUT2D eigenvalue weighted by molar-refractivity contribution is 9.10. The molecule has 0 atom stereocenters. The van der Waals surface area contributed by atoms with Gasteiger partial charge in [-0.1, -0.05) is 15.9 Å². The van der Waals surface area contributed by atoms with E-state index in [1.165, 1.54) is 0 Å². The average molecular weight is 329 g/mol. The van der Waals surface area contributed by atoms with Crippen LogP contribution in [0.4, 0.5) is 0 Å². The summed E-state index contributed by atoms with van der Waals surface area (Å²) in [6, 6.07) is 6.83. The van der Waals surface area contributed by atoms with Gasteiger partial charge in [0.25, 0.3) is 5.91 Å². The van der Waals surface area contributed by atoms with Crippen LogP contribution in [0.1, 0.15) is 30.6 Å². The van der Waals surface area contributed by atoms with Crippen LogP contribution in [0.25, 0.3) is 0 Å². The highest BCUT2D eigenvalue weighted by Crippen LogP contribution is 2.10. The Balaban J connectivity index is 2.30. The van der Waals surface area contributed by atoms with Crippen LogP contribution >= 0.6 is 15.9 Å². The van der Waals surface area contributed by atoms with Gasteiger partial charge in [0, 0.05) is 10.0 Å². The number of halogens is 1. The van der Waals surface area contributed by atoms with Crippen molar-refractivity contribution in [3.8, 4) is 0 Å². The van der Waals surface area contributed by atoms with Gasteiger partial charge in [-0.15, -0.1) is 0 Å². The van der Waals surface area contributed by atoms with Gasteiger partial charge in [0.15, 0.2) is 0 Å². The number of amides is 2. The van der Waals surface area contributed by atoms with Crippen molar-refractivity contribution >= 4 is 27.7 Å². The fraction of sp³-hybridized carbons (Fsp3) is 0.385. The lowest BCUT2D eigenvalue weighted by atomic mass is 10.2. The number of nitrogens with one attached hydrogen (secondary N) is 2. The lowest BCUT2D eigenvalue weighted by Gasteiger charge is -2.09. The van der Waals surface area contributed by atoms with Crippen molar-refractivity contribution in [1.82, 2.24) is 10.9 Å². The average Bonchev–Trinajstić information content (AvgIpc) is 2.36. The van der Waals surface area contributed by atoms with Crippen LogP contribution in [-0.4, -0.2) is 24.5 Å². The number of hydrazine groups is 1. The highest BCUT2D eigenvalue weighted by Gasteiger charge is 2.07. The molecule has 0 aliphatic carbocycles. The second-order valence-electron chi connectivity index (χ2n) is 4.18. The van der Waals surface area contributed by atoms with Gasteiger partial charge in [-0.05, 0) is 38.1 Å². The number of hydrogen-bond donors (Lipinski definition) is 2. The molecule has 0 aliphatic heterocycles. The molecule has 6 heteroatoms. The minimum atomic E-state index is -0.356. The molecular weight excluding hydrogens is 312 g/mol. The van der Waals surface area contributed by atoms with Gasteiger partial charge in [0.2, 0.25) is 5.91 Å². The summed E-state index contributed by atoms with van der Waals surface area (Å²) >= 11 is 3.28. The molecule has 19 heavy (non-hydrogen) atoms. The van der Waals surface area contributed by atoms with E-state index in [0.717, 1.165) is 4.47 Å². The van der Waals surface area contributed by atoms with Gasteiger partial charge in [-0.25, -0.2) is 0 Å². The monoisotopic (exact) mass is 328 g/mol. The summed E-state index contributed by atoms with van der Waals surface area (Å²) in [6.07, 6.45) is 0.295. The van der Waals surface area contributed by atoms with Gasteiger partial charge in [0.1, 0.15) is 0 Å². The van der Waals surface area contributed by atoms with Crippen molar-refractivity contribution in [3.05, 3.63) is 34.3 Å². The van der Waals surface area contributed by atoms with Gasteiger partial charge in [0.05, 0.1) is 19.1 Å². The molecule has 0 spiro atoms. The number of benzene rings is 1. The standard InChI is InChI=1S/C13H17BrN2O3/c1-9(2)19-8-7-12(17)15-16-13(18)10-3-5-11(14)6-4-10/h3-6,9H,7-8H2,1-2H3,(H,15,17)(H,16,18). The lowest BCUT2D eigenvalue weighted by molar-refractivity contribution is -0.123. The van der Waals surface area contributed by atoms with Crippen LogP contribution in [0.3, 0.4) is 0 Å². The molecule has 2 N–H and O–H groups in total. The summed E-state index contributed by atoms with van der Waals surface area (Å²) in [6.45, 7) is 4.12. The second kappa shape index (κ2) is 7.91. The first-order valence-electron chi connectivity index (χ1n) is 5.95. The maximum Gasteiger partial charge on any atom is 0.269 e. The number of hydrogen-bond acceptors (Lipinski definition) is 3. The van der Waals surface area contributed by atoms with Crippen molar-refractivity contribution in [3.63, 3.8) is 0 Å². The molecular formula is C13H17BrN2O3. The smallest absolute Gasteiger partial charge is 0.269 e. The summed E-state index contributed by atoms with van der Waals surface area (Å²) in [7, 11) is 0. The summed E-state index contributed by atoms with van der Waals surface area (Å²) < 4.78 is 6.13. The molecule has 0 aliphatic rings. The number of ether oxygens (including phenoxy) is 1. The molecule has 0 fully saturated rings. The molecule has 0 unspecified atom stereocenters. The van der Waals surface area contributed by atoms with Crippen molar-refractivity contribution in [2.24, 2.45) is 0 Å². The van der Waals surface area contributed by atoms with E-state index >= 15 is 0 Å². The van der Waals surface area contributed by atoms with Gasteiger partial charge < -0.3 is 4.74 Å². The predicted molar refractivity (Wildman–Crippen MR) is 75.5 cm³/mol. The van der Waals surface area contributed by atoms with E-state index in [9.17, 15) is 9.59 Å². The third-order valence-corrected chi connectivity index (χ3v) is 2.73. The Labute approximate surface area is 120 Å². The van der Waals surface area contributed by atoms with Crippen LogP contribution in [0.15, 0.2) is 28.7 Å². The first-order valence-corrected chi connectivity index (χ1v) is 6.74. The quantitative estimate of drug-likeness (QED) is 0.812. The Kier molecular flexibility index (Phi) is 6.52. The third kappa shape index (κ3) is 6.35. The Morgan fingerprint density at radius 2 is 1.84 bits per heavy atom. The molecule has 0 aromatic heterocycles. The molecule has 1 rings (SSSR count). The largest absolute Gasteiger partial charge is 0.378 e. The normalized spacial score (nSPS) is 10.3. The molecule has 0 radical (unpaired) electrons. The molecule has 0 heterocycles. The Morgan fingerprint density at radius 3 is 2.42 bits per heavy atom. The molecule has 0 saturated carbocycles. The molecule has 5 nitrogen and oxygen atoms in total. The molecule has 104 valence electrons. The minimum absolute atomic E-state index is 0.0881. The van der Waals surface area contributed by atoms with Gasteiger partial charge in [-0.3, -0.25) is 20.4 Å². The van der Waals surface area contributed by atoms with Crippen molar-refractivity contribution in [2.75, 3.05) is 6.61 Å². The molecule has 0 bridgehead atoms. The third-order valence-electron chi connectivity index (χ3n) is 2.20. The van der Waals surface area contributed by atoms with E-state index in [1.54, 1.807) is 24.3 Å². The van der Waals surface area contributed by atoms with Crippen LogP contribution in [0.5, 0.6) is 0 Å². The van der Waals surface area contributed by atoms with Gasteiger partial charge in [-0.2, -0.15) is 0 Å². The topological polar surface area (TPSA) is 67.4 Å². The maximum atomic E-state index is 11.7. The summed E-state index contributed by atoms with van der Waals surface area (Å²) in [5.41, 5.74) is 5.16. The molecule has 1 aromatic carbocycles. The van der Waals surface area contributed by atoms with E-state index < -0.39 is 0 Å². The van der Waals surface area contributed by atoms with E-state index in [1.807, 2.05) is 13.8 Å². The van der Waals surface area contributed by atoms with E-state index in [2.05, 4.69) is 26.8 Å². The molecule has 2 amide bonds. The maximum absolute atomic E-state index is 11.7. The van der Waals surface area contributed by atoms with E-state index in [4.69, 9.17) is 4.74 Å². The Bertz CT molecular complexity index is 432. The van der Waals surface area contributed by atoms with Crippen molar-refractivity contribution in [2.45, 2.75) is 26.4 Å². The van der Waals surface area contributed by atoms with Gasteiger partial charge >= 0.3 is 0 Å². The van der Waals surface area contributed by atoms with Crippen LogP contribution in [0, 0.1) is 0 Å². The number of rotatable bonds is 5. The highest BCUT2D eigenvalue weighted by atomic mass is 79.9. The summed E-state index contributed by atoms with van der Waals surface area (Å²) in [5, 5.41) is 0. The molecule has 0 saturated heterocycles. The van der Waals surface area contributed by atoms with Crippen LogP contribution in [0.2, 0.25) is 0 Å². The van der Waals surface area contributed by atoms with Crippen LogP contribution in [-0.2, 0) is 9.53 Å². The first kappa shape index (κ1) is 15.7. The second-order valence-corrected chi connectivity index (χ2v) is 5.09. The fourth-order valence-electron chi connectivity index (χ4n) is 1.25. The zero-order valence-corrected chi connectivity index (χ0v) is 12.5. The van der Waals surface area contributed by atoms with Crippen LogP contribution < -0.4 is 10.9 Å². The summed E-state index contributed by atoms with van der Waals surface area (Å²) in [4.78, 5) is 23.1. The Morgan fingerprint density at radius 1 is 1.21 bits per heavy atom. The SMILES string of the molecule is CC(C)OCCC(=O)NNC(=O)c1ccc(Br)cc1. The molecule has 1 aromatic rings.